The van der Waals surface area contributed by atoms with E-state index in [9.17, 15) is 0 Å². The van der Waals surface area contributed by atoms with Crippen LogP contribution in [0.3, 0.4) is 0 Å². The van der Waals surface area contributed by atoms with Gasteiger partial charge < -0.3 is 10.1 Å². The van der Waals surface area contributed by atoms with E-state index < -0.39 is 0 Å². The number of ether oxygens (including phenoxy) is 1. The maximum absolute atomic E-state index is 8.69. The standard InChI is InChI=1S/C14H18N2O/c15-11-12-4-6-13(7-5-12)16-9-8-14-3-1-2-10-17-14/h4-7,14,16H,1-3,8-10H2. The smallest absolute Gasteiger partial charge is 0.0991 e. The first-order valence-electron chi connectivity index (χ1n) is 6.24. The first-order chi connectivity index (χ1) is 8.38. The van der Waals surface area contributed by atoms with E-state index in [-0.39, 0.29) is 0 Å². The van der Waals surface area contributed by atoms with Crippen molar-refractivity contribution in [3.05, 3.63) is 29.8 Å². The third kappa shape index (κ3) is 3.76. The van der Waals surface area contributed by atoms with E-state index in [1.807, 2.05) is 24.3 Å². The number of anilines is 1. The molecule has 1 saturated heterocycles. The molecule has 0 bridgehead atoms. The zero-order valence-electron chi connectivity index (χ0n) is 9.98. The molecule has 1 aliphatic rings. The number of hydrogen-bond acceptors (Lipinski definition) is 3. The van der Waals surface area contributed by atoms with Gasteiger partial charge in [-0.25, -0.2) is 0 Å². The summed E-state index contributed by atoms with van der Waals surface area (Å²) in [6, 6.07) is 9.67. The highest BCUT2D eigenvalue weighted by Crippen LogP contribution is 2.16. The minimum absolute atomic E-state index is 0.426. The van der Waals surface area contributed by atoms with Crippen molar-refractivity contribution in [3.8, 4) is 6.07 Å². The number of nitrogens with one attached hydrogen (secondary N) is 1. The predicted molar refractivity (Wildman–Crippen MR) is 67.9 cm³/mol. The summed E-state index contributed by atoms with van der Waals surface area (Å²) in [5.74, 6) is 0. The molecule has 0 spiro atoms. The minimum atomic E-state index is 0.426. The van der Waals surface area contributed by atoms with Crippen LogP contribution in [0.15, 0.2) is 24.3 Å². The van der Waals surface area contributed by atoms with E-state index in [0.29, 0.717) is 11.7 Å². The normalized spacial score (nSPS) is 19.6. The van der Waals surface area contributed by atoms with Crippen molar-refractivity contribution in [2.45, 2.75) is 31.8 Å². The topological polar surface area (TPSA) is 45.0 Å². The van der Waals surface area contributed by atoms with Gasteiger partial charge in [-0.2, -0.15) is 5.26 Å². The SMILES string of the molecule is N#Cc1ccc(NCCC2CCCCO2)cc1. The fraction of sp³-hybridized carbons (Fsp3) is 0.500. The lowest BCUT2D eigenvalue weighted by Crippen LogP contribution is -2.21. The van der Waals surface area contributed by atoms with Crippen LogP contribution in [0, 0.1) is 11.3 Å². The fourth-order valence-corrected chi connectivity index (χ4v) is 2.08. The van der Waals surface area contributed by atoms with E-state index in [4.69, 9.17) is 10.00 Å². The molecule has 1 heterocycles. The van der Waals surface area contributed by atoms with E-state index in [2.05, 4.69) is 11.4 Å². The van der Waals surface area contributed by atoms with Crippen molar-refractivity contribution in [2.75, 3.05) is 18.5 Å². The molecule has 0 aliphatic carbocycles. The zero-order chi connectivity index (χ0) is 11.9. The second kappa shape index (κ2) is 6.27. The summed E-state index contributed by atoms with van der Waals surface area (Å²) in [6.45, 7) is 1.85. The molecule has 1 fully saturated rings. The van der Waals surface area contributed by atoms with Crippen molar-refractivity contribution in [2.24, 2.45) is 0 Å². The minimum Gasteiger partial charge on any atom is -0.385 e. The van der Waals surface area contributed by atoms with Gasteiger partial charge in [0.05, 0.1) is 17.7 Å². The summed E-state index contributed by atoms with van der Waals surface area (Å²) in [6.07, 6.45) is 5.17. The lowest BCUT2D eigenvalue weighted by molar-refractivity contribution is 0.0134. The molecule has 1 unspecified atom stereocenters. The summed E-state index contributed by atoms with van der Waals surface area (Å²) in [4.78, 5) is 0. The number of hydrogen-bond donors (Lipinski definition) is 1. The van der Waals surface area contributed by atoms with E-state index in [1.54, 1.807) is 0 Å². The van der Waals surface area contributed by atoms with Crippen LogP contribution in [-0.2, 0) is 4.74 Å². The molecule has 17 heavy (non-hydrogen) atoms. The van der Waals surface area contributed by atoms with Crippen LogP contribution in [0.4, 0.5) is 5.69 Å². The molecule has 1 aliphatic heterocycles. The first kappa shape index (κ1) is 11.9. The molecule has 1 N–H and O–H groups in total. The van der Waals surface area contributed by atoms with Crippen LogP contribution in [0.5, 0.6) is 0 Å². The largest absolute Gasteiger partial charge is 0.385 e. The highest BCUT2D eigenvalue weighted by Gasteiger charge is 2.12. The summed E-state index contributed by atoms with van der Waals surface area (Å²) < 4.78 is 5.67. The first-order valence-corrected chi connectivity index (χ1v) is 6.24. The van der Waals surface area contributed by atoms with Crippen molar-refractivity contribution in [1.82, 2.24) is 0 Å². The van der Waals surface area contributed by atoms with Crippen molar-refractivity contribution in [1.29, 1.82) is 5.26 Å². The monoisotopic (exact) mass is 230 g/mol. The van der Waals surface area contributed by atoms with Gasteiger partial charge in [-0.05, 0) is 49.9 Å². The van der Waals surface area contributed by atoms with Crippen LogP contribution >= 0.6 is 0 Å². The Balaban J connectivity index is 1.72. The Bertz CT molecular complexity index is 374. The van der Waals surface area contributed by atoms with Gasteiger partial charge in [-0.1, -0.05) is 0 Å². The molecular weight excluding hydrogens is 212 g/mol. The molecular formula is C14H18N2O. The summed E-state index contributed by atoms with van der Waals surface area (Å²) in [7, 11) is 0. The molecule has 2 rings (SSSR count). The van der Waals surface area contributed by atoms with Crippen LogP contribution in [0.2, 0.25) is 0 Å². The number of nitrogens with zero attached hydrogens (tertiary/aromatic N) is 1. The molecule has 90 valence electrons. The Morgan fingerprint density at radius 2 is 2.12 bits per heavy atom. The molecule has 0 amide bonds. The fourth-order valence-electron chi connectivity index (χ4n) is 2.08. The van der Waals surface area contributed by atoms with Gasteiger partial charge in [0.15, 0.2) is 0 Å². The molecule has 1 atom stereocenters. The Morgan fingerprint density at radius 3 is 2.76 bits per heavy atom. The molecule has 0 saturated carbocycles. The lowest BCUT2D eigenvalue weighted by atomic mass is 10.1. The van der Waals surface area contributed by atoms with Crippen molar-refractivity contribution >= 4 is 5.69 Å². The number of benzene rings is 1. The quantitative estimate of drug-likeness (QED) is 0.865. The molecule has 3 heteroatoms. The number of nitriles is 1. The Morgan fingerprint density at radius 1 is 1.29 bits per heavy atom. The maximum Gasteiger partial charge on any atom is 0.0991 e. The van der Waals surface area contributed by atoms with Crippen LogP contribution in [0.1, 0.15) is 31.2 Å². The summed E-state index contributed by atoms with van der Waals surface area (Å²) in [5.41, 5.74) is 1.77. The average Bonchev–Trinajstić information content (AvgIpc) is 2.41. The Labute approximate surface area is 102 Å². The molecule has 0 aromatic heterocycles. The van der Waals surface area contributed by atoms with Gasteiger partial charge in [-0.3, -0.25) is 0 Å². The third-order valence-electron chi connectivity index (χ3n) is 3.08. The second-order valence-electron chi connectivity index (χ2n) is 4.39. The predicted octanol–water partition coefficient (Wildman–Crippen LogP) is 2.93. The van der Waals surface area contributed by atoms with Crippen LogP contribution in [-0.4, -0.2) is 19.3 Å². The van der Waals surface area contributed by atoms with Crippen molar-refractivity contribution < 1.29 is 4.74 Å². The molecule has 1 aromatic rings. The highest BCUT2D eigenvalue weighted by atomic mass is 16.5. The Hall–Kier alpha value is -1.53. The summed E-state index contributed by atoms with van der Waals surface area (Å²) in [5, 5.41) is 12.0. The third-order valence-corrected chi connectivity index (χ3v) is 3.08. The maximum atomic E-state index is 8.69. The van der Waals surface area contributed by atoms with Gasteiger partial charge in [-0.15, -0.1) is 0 Å². The zero-order valence-corrected chi connectivity index (χ0v) is 9.98. The van der Waals surface area contributed by atoms with E-state index in [1.165, 1.54) is 19.3 Å². The van der Waals surface area contributed by atoms with Gasteiger partial charge in [0.25, 0.3) is 0 Å². The van der Waals surface area contributed by atoms with E-state index in [0.717, 1.165) is 25.3 Å². The van der Waals surface area contributed by atoms with Crippen molar-refractivity contribution in [3.63, 3.8) is 0 Å². The molecule has 0 radical (unpaired) electrons. The van der Waals surface area contributed by atoms with E-state index >= 15 is 0 Å². The van der Waals surface area contributed by atoms with Crippen LogP contribution in [0.25, 0.3) is 0 Å². The molecule has 1 aromatic carbocycles. The Kier molecular flexibility index (Phi) is 4.40. The van der Waals surface area contributed by atoms with Gasteiger partial charge in [0.1, 0.15) is 0 Å². The summed E-state index contributed by atoms with van der Waals surface area (Å²) >= 11 is 0. The van der Waals surface area contributed by atoms with Gasteiger partial charge in [0, 0.05) is 18.8 Å². The van der Waals surface area contributed by atoms with Gasteiger partial charge in [0.2, 0.25) is 0 Å². The van der Waals surface area contributed by atoms with Crippen LogP contribution < -0.4 is 5.32 Å². The average molecular weight is 230 g/mol. The number of rotatable bonds is 4. The second-order valence-corrected chi connectivity index (χ2v) is 4.39. The molecule has 3 nitrogen and oxygen atoms in total. The lowest BCUT2D eigenvalue weighted by Gasteiger charge is -2.22. The van der Waals surface area contributed by atoms with Gasteiger partial charge >= 0.3 is 0 Å². The highest BCUT2D eigenvalue weighted by molar-refractivity contribution is 5.47.